The van der Waals surface area contributed by atoms with E-state index in [1.54, 1.807) is 52.3 Å². The number of rotatable bonds is 5. The fraction of sp³-hybridized carbons (Fsp3) is 0.429. The van der Waals surface area contributed by atoms with Crippen molar-refractivity contribution in [2.45, 2.75) is 19.9 Å². The van der Waals surface area contributed by atoms with Crippen molar-refractivity contribution < 1.29 is 19.4 Å². The van der Waals surface area contributed by atoms with E-state index < -0.39 is 18.0 Å². The highest BCUT2D eigenvalue weighted by molar-refractivity contribution is 5.94. The van der Waals surface area contributed by atoms with Crippen LogP contribution in [0, 0.1) is 5.92 Å². The van der Waals surface area contributed by atoms with Crippen LogP contribution in [0.5, 0.6) is 5.75 Å². The Balaban J connectivity index is 2.82. The zero-order valence-electron chi connectivity index (χ0n) is 12.1. The summed E-state index contributed by atoms with van der Waals surface area (Å²) in [5, 5.41) is 11.6. The molecule has 0 saturated heterocycles. The third kappa shape index (κ3) is 3.88. The van der Waals surface area contributed by atoms with Gasteiger partial charge >= 0.3 is 12.0 Å². The molecule has 0 aliphatic heterocycles. The predicted octanol–water partition coefficient (Wildman–Crippen LogP) is 1.95. The topological polar surface area (TPSA) is 78.9 Å². The monoisotopic (exact) mass is 280 g/mol. The number of carboxylic acids is 1. The summed E-state index contributed by atoms with van der Waals surface area (Å²) in [5.74, 6) is -0.622. The quantitative estimate of drug-likeness (QED) is 0.864. The van der Waals surface area contributed by atoms with Gasteiger partial charge < -0.3 is 15.2 Å². The van der Waals surface area contributed by atoms with E-state index in [9.17, 15) is 9.59 Å². The van der Waals surface area contributed by atoms with Gasteiger partial charge in [-0.25, -0.2) is 9.59 Å². The normalized spacial score (nSPS) is 11.8. The number of hydrogen-bond donors (Lipinski definition) is 2. The SMILES string of the molecule is COc1cccc(N(C)C(=O)N[C@@H](C(=O)O)C(C)C)c1. The van der Waals surface area contributed by atoms with Crippen molar-refractivity contribution in [2.75, 3.05) is 19.1 Å². The van der Waals surface area contributed by atoms with Gasteiger partial charge in [-0.05, 0) is 18.1 Å². The molecule has 1 aromatic carbocycles. The molecule has 0 aliphatic carbocycles. The van der Waals surface area contributed by atoms with E-state index in [1.165, 1.54) is 4.90 Å². The van der Waals surface area contributed by atoms with Gasteiger partial charge in [0.05, 0.1) is 7.11 Å². The number of urea groups is 1. The van der Waals surface area contributed by atoms with Gasteiger partial charge in [0.25, 0.3) is 0 Å². The van der Waals surface area contributed by atoms with E-state index in [0.717, 1.165) is 0 Å². The molecule has 6 heteroatoms. The van der Waals surface area contributed by atoms with Crippen molar-refractivity contribution in [3.8, 4) is 5.75 Å². The van der Waals surface area contributed by atoms with Gasteiger partial charge in [-0.1, -0.05) is 19.9 Å². The minimum Gasteiger partial charge on any atom is -0.497 e. The highest BCUT2D eigenvalue weighted by Gasteiger charge is 2.25. The first kappa shape index (κ1) is 15.8. The summed E-state index contributed by atoms with van der Waals surface area (Å²) >= 11 is 0. The summed E-state index contributed by atoms with van der Waals surface area (Å²) < 4.78 is 5.09. The molecule has 0 aliphatic rings. The maximum Gasteiger partial charge on any atom is 0.326 e. The Labute approximate surface area is 118 Å². The number of benzene rings is 1. The van der Waals surface area contributed by atoms with Crippen LogP contribution >= 0.6 is 0 Å². The van der Waals surface area contributed by atoms with E-state index in [0.29, 0.717) is 11.4 Å². The van der Waals surface area contributed by atoms with Gasteiger partial charge in [0.1, 0.15) is 11.8 Å². The van der Waals surface area contributed by atoms with Crippen LogP contribution in [-0.4, -0.2) is 37.3 Å². The lowest BCUT2D eigenvalue weighted by molar-refractivity contribution is -0.140. The smallest absolute Gasteiger partial charge is 0.326 e. The maximum absolute atomic E-state index is 12.1. The molecule has 0 unspecified atom stereocenters. The fourth-order valence-electron chi connectivity index (χ4n) is 1.68. The number of ether oxygens (including phenoxy) is 1. The van der Waals surface area contributed by atoms with Crippen molar-refractivity contribution in [1.82, 2.24) is 5.32 Å². The predicted molar refractivity (Wildman–Crippen MR) is 76.2 cm³/mol. The van der Waals surface area contributed by atoms with Crippen molar-refractivity contribution in [3.63, 3.8) is 0 Å². The minimum atomic E-state index is -1.05. The van der Waals surface area contributed by atoms with Crippen LogP contribution in [0.1, 0.15) is 13.8 Å². The van der Waals surface area contributed by atoms with Crippen molar-refractivity contribution >= 4 is 17.7 Å². The third-order valence-corrected chi connectivity index (χ3v) is 2.96. The molecular formula is C14H20N2O4. The molecule has 1 aromatic rings. The highest BCUT2D eigenvalue weighted by Crippen LogP contribution is 2.20. The van der Waals surface area contributed by atoms with Crippen LogP contribution in [0.15, 0.2) is 24.3 Å². The molecule has 0 aromatic heterocycles. The number of nitrogens with zero attached hydrogens (tertiary/aromatic N) is 1. The Bertz CT molecular complexity index is 488. The Kier molecular flexibility index (Phi) is 5.37. The molecule has 0 radical (unpaired) electrons. The molecular weight excluding hydrogens is 260 g/mol. The van der Waals surface area contributed by atoms with Crippen LogP contribution in [0.25, 0.3) is 0 Å². The molecule has 1 atom stereocenters. The van der Waals surface area contributed by atoms with Gasteiger partial charge in [0.2, 0.25) is 0 Å². The Morgan fingerprint density at radius 2 is 2.00 bits per heavy atom. The Morgan fingerprint density at radius 3 is 2.50 bits per heavy atom. The highest BCUT2D eigenvalue weighted by atomic mass is 16.5. The Morgan fingerprint density at radius 1 is 1.35 bits per heavy atom. The molecule has 0 fully saturated rings. The lowest BCUT2D eigenvalue weighted by atomic mass is 10.1. The number of methoxy groups -OCH3 is 1. The average molecular weight is 280 g/mol. The number of amides is 2. The number of carboxylic acid groups (broad SMARTS) is 1. The second-order valence-corrected chi connectivity index (χ2v) is 4.77. The molecule has 0 saturated carbocycles. The van der Waals surface area contributed by atoms with Crippen molar-refractivity contribution in [1.29, 1.82) is 0 Å². The van der Waals surface area contributed by atoms with E-state index in [4.69, 9.17) is 9.84 Å². The zero-order valence-corrected chi connectivity index (χ0v) is 12.1. The van der Waals surface area contributed by atoms with E-state index in [1.807, 2.05) is 0 Å². The van der Waals surface area contributed by atoms with Gasteiger partial charge in [-0.3, -0.25) is 4.90 Å². The average Bonchev–Trinajstić information content (AvgIpc) is 2.42. The Hall–Kier alpha value is -2.24. The van der Waals surface area contributed by atoms with Gasteiger partial charge in [0.15, 0.2) is 0 Å². The van der Waals surface area contributed by atoms with Gasteiger partial charge in [-0.15, -0.1) is 0 Å². The van der Waals surface area contributed by atoms with Crippen LogP contribution in [0.2, 0.25) is 0 Å². The number of hydrogen-bond acceptors (Lipinski definition) is 3. The van der Waals surface area contributed by atoms with Crippen LogP contribution < -0.4 is 15.0 Å². The molecule has 0 heterocycles. The summed E-state index contributed by atoms with van der Waals surface area (Å²) in [6.45, 7) is 3.48. The molecule has 2 amide bonds. The largest absolute Gasteiger partial charge is 0.497 e. The first-order chi connectivity index (χ1) is 9.36. The lowest BCUT2D eigenvalue weighted by Gasteiger charge is -2.23. The summed E-state index contributed by atoms with van der Waals surface area (Å²) in [6, 6.07) is 5.58. The van der Waals surface area contributed by atoms with Gasteiger partial charge in [-0.2, -0.15) is 0 Å². The lowest BCUT2D eigenvalue weighted by Crippen LogP contribution is -2.49. The molecule has 20 heavy (non-hydrogen) atoms. The number of nitrogens with one attached hydrogen (secondary N) is 1. The number of carbonyl (C=O) groups is 2. The molecule has 2 N–H and O–H groups in total. The molecule has 0 spiro atoms. The van der Waals surface area contributed by atoms with Crippen LogP contribution in [0.3, 0.4) is 0 Å². The summed E-state index contributed by atoms with van der Waals surface area (Å²) in [6.07, 6.45) is 0. The third-order valence-electron chi connectivity index (χ3n) is 2.96. The summed E-state index contributed by atoms with van der Waals surface area (Å²) in [7, 11) is 3.11. The summed E-state index contributed by atoms with van der Waals surface area (Å²) in [5.41, 5.74) is 0.620. The van der Waals surface area contributed by atoms with Crippen LogP contribution in [0.4, 0.5) is 10.5 Å². The molecule has 1 rings (SSSR count). The molecule has 110 valence electrons. The minimum absolute atomic E-state index is 0.199. The van der Waals surface area contributed by atoms with E-state index in [-0.39, 0.29) is 5.92 Å². The molecule has 0 bridgehead atoms. The second kappa shape index (κ2) is 6.79. The maximum atomic E-state index is 12.1. The standard InChI is InChI=1S/C14H20N2O4/c1-9(2)12(13(17)18)15-14(19)16(3)10-6-5-7-11(8-10)20-4/h5-9,12H,1-4H3,(H,15,19)(H,17,18)/t12-/m1/s1. The van der Waals surface area contributed by atoms with E-state index >= 15 is 0 Å². The fourth-order valence-corrected chi connectivity index (χ4v) is 1.68. The van der Waals surface area contributed by atoms with Crippen molar-refractivity contribution in [3.05, 3.63) is 24.3 Å². The van der Waals surface area contributed by atoms with Gasteiger partial charge in [0, 0.05) is 18.8 Å². The first-order valence-corrected chi connectivity index (χ1v) is 6.28. The second-order valence-electron chi connectivity index (χ2n) is 4.77. The number of anilines is 1. The van der Waals surface area contributed by atoms with E-state index in [2.05, 4.69) is 5.32 Å². The van der Waals surface area contributed by atoms with Crippen molar-refractivity contribution in [2.24, 2.45) is 5.92 Å². The summed E-state index contributed by atoms with van der Waals surface area (Å²) in [4.78, 5) is 24.5. The number of aliphatic carboxylic acids is 1. The van der Waals surface area contributed by atoms with Crippen LogP contribution in [-0.2, 0) is 4.79 Å². The zero-order chi connectivity index (χ0) is 15.3. The number of carbonyl (C=O) groups excluding carboxylic acids is 1. The molecule has 6 nitrogen and oxygen atoms in total. The first-order valence-electron chi connectivity index (χ1n) is 6.28.